The zero-order valence-corrected chi connectivity index (χ0v) is 25.2. The zero-order valence-electron chi connectivity index (χ0n) is 25.2. The van der Waals surface area contributed by atoms with Crippen molar-refractivity contribution >= 4 is 6.08 Å². The van der Waals surface area contributed by atoms with Crippen LogP contribution in [0.2, 0.25) is 0 Å². The fourth-order valence-corrected chi connectivity index (χ4v) is 4.98. The summed E-state index contributed by atoms with van der Waals surface area (Å²) in [6, 6.07) is 17.6. The average Bonchev–Trinajstić information content (AvgIpc) is 3.90. The highest BCUT2D eigenvalue weighted by Gasteiger charge is 2.36. The maximum absolute atomic E-state index is 6.31. The number of methoxy groups -OCH3 is 4. The Labute approximate surface area is 253 Å². The molecule has 0 aliphatic carbocycles. The van der Waals surface area contributed by atoms with Crippen molar-refractivity contribution in [2.24, 2.45) is 0 Å². The predicted molar refractivity (Wildman–Crippen MR) is 162 cm³/mol. The minimum absolute atomic E-state index is 0.0579. The van der Waals surface area contributed by atoms with E-state index in [0.717, 1.165) is 36.0 Å². The summed E-state index contributed by atoms with van der Waals surface area (Å²) in [5.41, 5.74) is 2.82. The quantitative estimate of drug-likeness (QED) is 0.187. The first kappa shape index (κ1) is 30.5. The monoisotopic (exact) mass is 592 g/mol. The Morgan fingerprint density at radius 3 is 2.05 bits per heavy atom. The molecule has 0 amide bonds. The second-order valence-electron chi connectivity index (χ2n) is 10.2. The molecule has 2 aliphatic rings. The van der Waals surface area contributed by atoms with Crippen LogP contribution in [0.1, 0.15) is 42.1 Å². The molecule has 0 spiro atoms. The molecule has 0 aromatic heterocycles. The van der Waals surface area contributed by atoms with Gasteiger partial charge < -0.3 is 42.6 Å². The molecule has 0 N–H and O–H groups in total. The summed E-state index contributed by atoms with van der Waals surface area (Å²) >= 11 is 0. The lowest BCUT2D eigenvalue weighted by atomic mass is 10.0. The number of hydrogen-bond acceptors (Lipinski definition) is 9. The maximum Gasteiger partial charge on any atom is 0.206 e. The van der Waals surface area contributed by atoms with E-state index >= 15 is 0 Å². The van der Waals surface area contributed by atoms with Gasteiger partial charge in [0.15, 0.2) is 29.3 Å². The summed E-state index contributed by atoms with van der Waals surface area (Å²) in [4.78, 5) is 0. The minimum Gasteiger partial charge on any atom is -0.493 e. The maximum atomic E-state index is 6.31. The van der Waals surface area contributed by atoms with Gasteiger partial charge in [-0.25, -0.2) is 0 Å². The number of benzene rings is 3. The Morgan fingerprint density at radius 2 is 1.47 bits per heavy atom. The van der Waals surface area contributed by atoms with E-state index in [4.69, 9.17) is 42.6 Å². The second-order valence-corrected chi connectivity index (χ2v) is 10.2. The Hall–Kier alpha value is -3.92. The van der Waals surface area contributed by atoms with E-state index in [-0.39, 0.29) is 18.5 Å². The summed E-state index contributed by atoms with van der Waals surface area (Å²) in [6.07, 6.45) is 6.12. The van der Waals surface area contributed by atoms with Crippen molar-refractivity contribution < 1.29 is 42.6 Å². The Bertz CT molecular complexity index is 1300. The van der Waals surface area contributed by atoms with Crippen molar-refractivity contribution in [2.45, 2.75) is 44.4 Å². The fraction of sp³-hybridized carbons (Fsp3) is 0.412. The van der Waals surface area contributed by atoms with Crippen molar-refractivity contribution in [3.63, 3.8) is 0 Å². The molecule has 3 aromatic rings. The molecule has 2 fully saturated rings. The van der Waals surface area contributed by atoms with E-state index in [1.165, 1.54) is 0 Å². The minimum atomic E-state index is -0.326. The molecule has 230 valence electrons. The first-order valence-electron chi connectivity index (χ1n) is 14.5. The van der Waals surface area contributed by atoms with Gasteiger partial charge in [0.2, 0.25) is 11.5 Å². The molecular weight excluding hydrogens is 552 g/mol. The lowest BCUT2D eigenvalue weighted by Gasteiger charge is -2.26. The van der Waals surface area contributed by atoms with E-state index in [9.17, 15) is 0 Å². The Kier molecular flexibility index (Phi) is 10.7. The Morgan fingerprint density at radius 1 is 0.814 bits per heavy atom. The molecule has 5 rings (SSSR count). The molecule has 0 saturated carbocycles. The molecule has 2 heterocycles. The van der Waals surface area contributed by atoms with Gasteiger partial charge in [-0.15, -0.1) is 0 Å². The highest BCUT2D eigenvalue weighted by Crippen LogP contribution is 2.44. The van der Waals surface area contributed by atoms with Gasteiger partial charge >= 0.3 is 0 Å². The standard InChI is InChI=1S/C34H40O9/c1-35-26-17-24(18-27(36-2)33(26)42-21-23-11-6-5-7-12-23)13-10-16-40-32(30-22-41-30)25-19-28(37-3)34(29(20-25)38-4)43-31-14-8-9-15-39-31/h5-7,10-13,17-20,30-32H,8-9,14-16,21-22H2,1-4H3/t30-,31?,32-/m1/s1. The van der Waals surface area contributed by atoms with Crippen LogP contribution in [-0.2, 0) is 20.8 Å². The SMILES string of the molecule is COc1cc(C=CCO[C@H](c2cc(OC)c(OC3CCCCO3)c(OC)c2)[C@H]2CO2)cc(OC)c1OCc1ccccc1. The third-order valence-electron chi connectivity index (χ3n) is 7.29. The number of epoxide rings is 1. The van der Waals surface area contributed by atoms with Gasteiger partial charge in [0.1, 0.15) is 18.8 Å². The van der Waals surface area contributed by atoms with E-state index in [2.05, 4.69) is 0 Å². The van der Waals surface area contributed by atoms with E-state index in [0.29, 0.717) is 60.9 Å². The molecule has 0 radical (unpaired) electrons. The topological polar surface area (TPSA) is 86.4 Å². The van der Waals surface area contributed by atoms with Crippen molar-refractivity contribution in [1.82, 2.24) is 0 Å². The van der Waals surface area contributed by atoms with Crippen LogP contribution in [0.5, 0.6) is 34.5 Å². The van der Waals surface area contributed by atoms with Gasteiger partial charge in [0, 0.05) is 6.42 Å². The number of hydrogen-bond donors (Lipinski definition) is 0. The van der Waals surface area contributed by atoms with Gasteiger partial charge in [-0.2, -0.15) is 0 Å². The first-order valence-corrected chi connectivity index (χ1v) is 14.5. The van der Waals surface area contributed by atoms with Crippen LogP contribution in [0, 0.1) is 0 Å². The third-order valence-corrected chi connectivity index (χ3v) is 7.29. The summed E-state index contributed by atoms with van der Waals surface area (Å²) in [5, 5.41) is 0. The van der Waals surface area contributed by atoms with Crippen LogP contribution in [0.4, 0.5) is 0 Å². The lowest BCUT2D eigenvalue weighted by Crippen LogP contribution is -2.25. The second kappa shape index (κ2) is 15.0. The van der Waals surface area contributed by atoms with Gasteiger partial charge in [-0.05, 0) is 53.8 Å². The number of ether oxygens (including phenoxy) is 9. The smallest absolute Gasteiger partial charge is 0.206 e. The number of rotatable bonds is 15. The molecular formula is C34H40O9. The summed E-state index contributed by atoms with van der Waals surface area (Å²) in [6.45, 7) is 2.05. The summed E-state index contributed by atoms with van der Waals surface area (Å²) < 4.78 is 52.6. The van der Waals surface area contributed by atoms with Crippen molar-refractivity contribution in [3.05, 3.63) is 77.4 Å². The molecule has 0 bridgehead atoms. The lowest BCUT2D eigenvalue weighted by molar-refractivity contribution is -0.107. The van der Waals surface area contributed by atoms with Crippen molar-refractivity contribution in [1.29, 1.82) is 0 Å². The molecule has 9 nitrogen and oxygen atoms in total. The molecule has 3 aromatic carbocycles. The summed E-state index contributed by atoms with van der Waals surface area (Å²) in [5.74, 6) is 3.36. The van der Waals surface area contributed by atoms with Crippen LogP contribution in [0.15, 0.2) is 60.7 Å². The van der Waals surface area contributed by atoms with E-state index in [1.54, 1.807) is 28.4 Å². The van der Waals surface area contributed by atoms with Crippen LogP contribution >= 0.6 is 0 Å². The van der Waals surface area contributed by atoms with Crippen molar-refractivity contribution in [2.75, 3.05) is 48.3 Å². The molecule has 2 saturated heterocycles. The van der Waals surface area contributed by atoms with E-state index in [1.807, 2.05) is 66.7 Å². The normalized spacial score (nSPS) is 18.6. The molecule has 2 aliphatic heterocycles. The fourth-order valence-electron chi connectivity index (χ4n) is 4.98. The highest BCUT2D eigenvalue weighted by molar-refractivity contribution is 5.62. The molecule has 9 heteroatoms. The van der Waals surface area contributed by atoms with Gasteiger partial charge in [0.25, 0.3) is 0 Å². The first-order chi connectivity index (χ1) is 21.1. The van der Waals surface area contributed by atoms with Crippen LogP contribution in [0.3, 0.4) is 0 Å². The van der Waals surface area contributed by atoms with Gasteiger partial charge in [-0.3, -0.25) is 0 Å². The highest BCUT2D eigenvalue weighted by atomic mass is 16.7. The Balaban J connectivity index is 1.27. The van der Waals surface area contributed by atoms with Crippen LogP contribution < -0.4 is 28.4 Å². The predicted octanol–water partition coefficient (Wildman–Crippen LogP) is 6.38. The molecule has 43 heavy (non-hydrogen) atoms. The molecule has 3 atom stereocenters. The zero-order chi connectivity index (χ0) is 30.0. The largest absolute Gasteiger partial charge is 0.493 e. The molecule has 1 unspecified atom stereocenters. The third kappa shape index (κ3) is 7.93. The average molecular weight is 593 g/mol. The summed E-state index contributed by atoms with van der Waals surface area (Å²) in [7, 11) is 6.45. The van der Waals surface area contributed by atoms with Crippen molar-refractivity contribution in [3.8, 4) is 34.5 Å². The van der Waals surface area contributed by atoms with Crippen LogP contribution in [0.25, 0.3) is 6.08 Å². The van der Waals surface area contributed by atoms with Gasteiger partial charge in [0.05, 0.1) is 48.3 Å². The van der Waals surface area contributed by atoms with Crippen LogP contribution in [-0.4, -0.2) is 60.7 Å². The van der Waals surface area contributed by atoms with Gasteiger partial charge in [-0.1, -0.05) is 42.5 Å². The van der Waals surface area contributed by atoms with E-state index < -0.39 is 0 Å².